The Morgan fingerprint density at radius 1 is 1.38 bits per heavy atom. The summed E-state index contributed by atoms with van der Waals surface area (Å²) in [6.45, 7) is 0.252. The predicted molar refractivity (Wildman–Crippen MR) is 77.7 cm³/mol. The Morgan fingerprint density at radius 3 is 2.90 bits per heavy atom. The van der Waals surface area contributed by atoms with Gasteiger partial charge in [-0.1, -0.05) is 23.7 Å². The number of nitrogens with one attached hydrogen (secondary N) is 1. The van der Waals surface area contributed by atoms with E-state index >= 15 is 0 Å². The standard InChI is InChI=1S/C15H14ClFN2O2/c1-21-15-10(4-3-7-18-15)9-19-14(20)8-11-12(16)5-2-6-13(11)17/h2-7H,8-9H2,1H3,(H,19,20). The summed E-state index contributed by atoms with van der Waals surface area (Å²) >= 11 is 5.89. The van der Waals surface area contributed by atoms with E-state index in [0.29, 0.717) is 5.88 Å². The molecule has 0 saturated heterocycles. The van der Waals surface area contributed by atoms with Gasteiger partial charge in [-0.25, -0.2) is 9.37 Å². The second kappa shape index (κ2) is 7.04. The normalized spacial score (nSPS) is 10.2. The van der Waals surface area contributed by atoms with E-state index in [1.165, 1.54) is 19.2 Å². The molecule has 1 aromatic heterocycles. The van der Waals surface area contributed by atoms with Gasteiger partial charge in [-0.2, -0.15) is 0 Å². The first kappa shape index (κ1) is 15.3. The van der Waals surface area contributed by atoms with Crippen LogP contribution in [0.5, 0.6) is 5.88 Å². The minimum Gasteiger partial charge on any atom is -0.481 e. The number of carbonyl (C=O) groups is 1. The minimum atomic E-state index is -0.489. The third kappa shape index (κ3) is 3.92. The molecule has 0 spiro atoms. The Hall–Kier alpha value is -2.14. The second-order valence-electron chi connectivity index (χ2n) is 4.33. The molecule has 0 bridgehead atoms. The molecule has 6 heteroatoms. The van der Waals surface area contributed by atoms with Crippen LogP contribution >= 0.6 is 11.6 Å². The summed E-state index contributed by atoms with van der Waals surface area (Å²) in [7, 11) is 1.51. The minimum absolute atomic E-state index is 0.117. The fourth-order valence-electron chi connectivity index (χ4n) is 1.86. The van der Waals surface area contributed by atoms with Gasteiger partial charge in [0.1, 0.15) is 5.82 Å². The van der Waals surface area contributed by atoms with E-state index in [-0.39, 0.29) is 29.5 Å². The lowest BCUT2D eigenvalue weighted by atomic mass is 10.1. The fourth-order valence-corrected chi connectivity index (χ4v) is 2.09. The van der Waals surface area contributed by atoms with Crippen molar-refractivity contribution in [2.45, 2.75) is 13.0 Å². The Balaban J connectivity index is 1.99. The van der Waals surface area contributed by atoms with Gasteiger partial charge in [-0.3, -0.25) is 4.79 Å². The summed E-state index contributed by atoms with van der Waals surface area (Å²) in [6, 6.07) is 7.87. The van der Waals surface area contributed by atoms with E-state index in [9.17, 15) is 9.18 Å². The molecule has 0 aliphatic heterocycles. The lowest BCUT2D eigenvalue weighted by Crippen LogP contribution is -2.25. The van der Waals surface area contributed by atoms with Gasteiger partial charge in [0.05, 0.1) is 13.5 Å². The van der Waals surface area contributed by atoms with Gasteiger partial charge < -0.3 is 10.1 Å². The number of amides is 1. The van der Waals surface area contributed by atoms with Gasteiger partial charge in [0, 0.05) is 28.9 Å². The van der Waals surface area contributed by atoms with Crippen molar-refractivity contribution in [3.05, 3.63) is 58.5 Å². The lowest BCUT2D eigenvalue weighted by Gasteiger charge is -2.09. The smallest absolute Gasteiger partial charge is 0.224 e. The van der Waals surface area contributed by atoms with Crippen molar-refractivity contribution in [1.29, 1.82) is 0 Å². The number of methoxy groups -OCH3 is 1. The Bertz CT molecular complexity index is 629. The SMILES string of the molecule is COc1ncccc1CNC(=O)Cc1c(F)cccc1Cl. The van der Waals surface area contributed by atoms with Crippen LogP contribution in [0, 0.1) is 5.82 Å². The van der Waals surface area contributed by atoms with Crippen molar-refractivity contribution in [1.82, 2.24) is 10.3 Å². The topological polar surface area (TPSA) is 51.2 Å². The summed E-state index contributed by atoms with van der Waals surface area (Å²) < 4.78 is 18.7. The first-order chi connectivity index (χ1) is 10.1. The molecule has 1 aromatic carbocycles. The van der Waals surface area contributed by atoms with Crippen LogP contribution in [0.15, 0.2) is 36.5 Å². The average Bonchev–Trinajstić information content (AvgIpc) is 2.49. The summed E-state index contributed by atoms with van der Waals surface area (Å²) in [6.07, 6.45) is 1.48. The number of hydrogen-bond donors (Lipinski definition) is 1. The number of aromatic nitrogens is 1. The predicted octanol–water partition coefficient (Wildman–Crippen LogP) is 2.74. The van der Waals surface area contributed by atoms with Crippen LogP contribution in [0.2, 0.25) is 5.02 Å². The maximum absolute atomic E-state index is 13.6. The summed E-state index contributed by atoms with van der Waals surface area (Å²) in [4.78, 5) is 15.9. The Labute approximate surface area is 126 Å². The highest BCUT2D eigenvalue weighted by molar-refractivity contribution is 6.31. The number of carbonyl (C=O) groups excluding carboxylic acids is 1. The van der Waals surface area contributed by atoms with Crippen molar-refractivity contribution >= 4 is 17.5 Å². The number of ether oxygens (including phenoxy) is 1. The van der Waals surface area contributed by atoms with Crippen LogP contribution < -0.4 is 10.1 Å². The molecule has 0 unspecified atom stereocenters. The van der Waals surface area contributed by atoms with E-state index in [0.717, 1.165) is 5.56 Å². The maximum atomic E-state index is 13.6. The highest BCUT2D eigenvalue weighted by atomic mass is 35.5. The zero-order chi connectivity index (χ0) is 15.2. The van der Waals surface area contributed by atoms with E-state index in [4.69, 9.17) is 16.3 Å². The molecule has 1 N–H and O–H groups in total. The molecule has 1 amide bonds. The third-order valence-electron chi connectivity index (χ3n) is 2.92. The monoisotopic (exact) mass is 308 g/mol. The highest BCUT2D eigenvalue weighted by Crippen LogP contribution is 2.19. The third-order valence-corrected chi connectivity index (χ3v) is 3.27. The number of benzene rings is 1. The average molecular weight is 309 g/mol. The molecule has 1 heterocycles. The highest BCUT2D eigenvalue weighted by Gasteiger charge is 2.12. The van der Waals surface area contributed by atoms with Crippen LogP contribution in [0.1, 0.15) is 11.1 Å². The molecule has 0 saturated carbocycles. The van der Waals surface area contributed by atoms with Gasteiger partial charge in [0.2, 0.25) is 11.8 Å². The zero-order valence-corrected chi connectivity index (χ0v) is 12.2. The number of rotatable bonds is 5. The maximum Gasteiger partial charge on any atom is 0.224 e. The van der Waals surface area contributed by atoms with Crippen molar-refractivity contribution in [2.75, 3.05) is 7.11 Å². The van der Waals surface area contributed by atoms with Crippen LogP contribution in [0.3, 0.4) is 0 Å². The van der Waals surface area contributed by atoms with Gasteiger partial charge in [-0.05, 0) is 18.2 Å². The summed E-state index contributed by atoms with van der Waals surface area (Å²) in [5.74, 6) is -0.369. The molecule has 2 aromatic rings. The molecule has 2 rings (SSSR count). The molecule has 0 aliphatic carbocycles. The summed E-state index contributed by atoms with van der Waals surface area (Å²) in [5.41, 5.74) is 0.933. The van der Waals surface area contributed by atoms with E-state index in [1.807, 2.05) is 0 Å². The number of pyridine rings is 1. The molecule has 0 aliphatic rings. The number of nitrogens with zero attached hydrogens (tertiary/aromatic N) is 1. The van der Waals surface area contributed by atoms with Crippen molar-refractivity contribution in [2.24, 2.45) is 0 Å². The molecular weight excluding hydrogens is 295 g/mol. The zero-order valence-electron chi connectivity index (χ0n) is 11.4. The van der Waals surface area contributed by atoms with Crippen molar-refractivity contribution < 1.29 is 13.9 Å². The van der Waals surface area contributed by atoms with E-state index in [1.54, 1.807) is 24.4 Å². The number of halogens is 2. The van der Waals surface area contributed by atoms with Crippen LogP contribution in [0.4, 0.5) is 4.39 Å². The van der Waals surface area contributed by atoms with Crippen LogP contribution in [-0.4, -0.2) is 18.0 Å². The first-order valence-electron chi connectivity index (χ1n) is 6.29. The van der Waals surface area contributed by atoms with Gasteiger partial charge >= 0.3 is 0 Å². The van der Waals surface area contributed by atoms with Crippen molar-refractivity contribution in [3.63, 3.8) is 0 Å². The lowest BCUT2D eigenvalue weighted by molar-refractivity contribution is -0.120. The van der Waals surface area contributed by atoms with Crippen LogP contribution in [-0.2, 0) is 17.8 Å². The molecule has 0 atom stereocenters. The quantitative estimate of drug-likeness (QED) is 0.924. The van der Waals surface area contributed by atoms with E-state index in [2.05, 4.69) is 10.3 Å². The summed E-state index contributed by atoms with van der Waals surface area (Å²) in [5, 5.41) is 2.93. The molecule has 4 nitrogen and oxygen atoms in total. The Kier molecular flexibility index (Phi) is 5.11. The van der Waals surface area contributed by atoms with Crippen LogP contribution in [0.25, 0.3) is 0 Å². The largest absolute Gasteiger partial charge is 0.481 e. The van der Waals surface area contributed by atoms with Crippen molar-refractivity contribution in [3.8, 4) is 5.88 Å². The molecule has 110 valence electrons. The van der Waals surface area contributed by atoms with Gasteiger partial charge in [0.25, 0.3) is 0 Å². The number of hydrogen-bond acceptors (Lipinski definition) is 3. The Morgan fingerprint density at radius 2 is 2.19 bits per heavy atom. The molecular formula is C15H14ClFN2O2. The molecule has 21 heavy (non-hydrogen) atoms. The van der Waals surface area contributed by atoms with Gasteiger partial charge in [-0.15, -0.1) is 0 Å². The first-order valence-corrected chi connectivity index (χ1v) is 6.67. The molecule has 0 radical (unpaired) electrons. The van der Waals surface area contributed by atoms with Gasteiger partial charge in [0.15, 0.2) is 0 Å². The fraction of sp³-hybridized carbons (Fsp3) is 0.200. The van der Waals surface area contributed by atoms with E-state index < -0.39 is 5.82 Å². The molecule has 0 fully saturated rings. The second-order valence-corrected chi connectivity index (χ2v) is 4.73.